The van der Waals surface area contributed by atoms with Crippen molar-refractivity contribution in [3.8, 4) is 11.8 Å². The average Bonchev–Trinajstić information content (AvgIpc) is 2.95. The number of nitrogens with one attached hydrogen (secondary N) is 2. The summed E-state index contributed by atoms with van der Waals surface area (Å²) in [6.45, 7) is 3.46. The molecule has 12 nitrogen and oxygen atoms in total. The fourth-order valence-corrected chi connectivity index (χ4v) is 6.48. The molecule has 236 valence electrons. The molecule has 44 heavy (non-hydrogen) atoms. The topological polar surface area (TPSA) is 162 Å². The Labute approximate surface area is 283 Å². The second-order valence-electron chi connectivity index (χ2n) is 8.25. The fraction of sp³-hybridized carbons (Fsp3) is 0.167. The average molecular weight is 765 g/mol. The maximum Gasteiger partial charge on any atom is 0.264 e. The van der Waals surface area contributed by atoms with Crippen LogP contribution in [-0.4, -0.2) is 51.0 Å². The van der Waals surface area contributed by atoms with Crippen molar-refractivity contribution in [1.29, 1.82) is 0 Å². The van der Waals surface area contributed by atoms with E-state index in [1.165, 1.54) is 50.6 Å². The molecule has 4 rings (SSSR count). The zero-order chi connectivity index (χ0) is 33.0. The molecule has 20 heteroatoms. The lowest BCUT2D eigenvalue weighted by atomic mass is 10.3. The van der Waals surface area contributed by atoms with Crippen LogP contribution < -0.4 is 18.9 Å². The molecule has 0 amide bonds. The number of benzene rings is 2. The highest BCUT2D eigenvalue weighted by molar-refractivity contribution is 7.93. The lowest BCUT2D eigenvalue weighted by Gasteiger charge is -2.13. The van der Waals surface area contributed by atoms with Gasteiger partial charge in [-0.2, -0.15) is 4.98 Å². The first-order valence-electron chi connectivity index (χ1n) is 11.6. The van der Waals surface area contributed by atoms with E-state index in [1.807, 2.05) is 0 Å². The number of methoxy groups -OCH3 is 2. The lowest BCUT2D eigenvalue weighted by molar-refractivity contribution is 0.397. The van der Waals surface area contributed by atoms with Crippen molar-refractivity contribution in [3.63, 3.8) is 0 Å². The van der Waals surface area contributed by atoms with Gasteiger partial charge in [-0.15, -0.1) is 0 Å². The molecular weight excluding hydrogens is 745 g/mol. The molecule has 0 aliphatic carbocycles. The van der Waals surface area contributed by atoms with Gasteiger partial charge >= 0.3 is 0 Å². The van der Waals surface area contributed by atoms with E-state index in [0.717, 1.165) is 0 Å². The van der Waals surface area contributed by atoms with Gasteiger partial charge in [0.05, 0.1) is 50.6 Å². The first-order valence-corrected chi connectivity index (χ1v) is 16.8. The minimum Gasteiger partial charge on any atom is -0.478 e. The Morgan fingerprint density at radius 1 is 0.636 bits per heavy atom. The second kappa shape index (κ2) is 14.7. The van der Waals surface area contributed by atoms with Crippen molar-refractivity contribution < 1.29 is 26.3 Å². The van der Waals surface area contributed by atoms with Gasteiger partial charge in [0.2, 0.25) is 11.6 Å². The molecule has 4 aromatic rings. The Kier molecular flexibility index (Phi) is 12.0. The van der Waals surface area contributed by atoms with Crippen LogP contribution in [0.25, 0.3) is 0 Å². The van der Waals surface area contributed by atoms with Crippen LogP contribution in [0.1, 0.15) is 11.4 Å². The molecule has 0 aliphatic heterocycles. The minimum atomic E-state index is -3.99. The number of hydrogen-bond acceptors (Lipinski definition) is 10. The van der Waals surface area contributed by atoms with Crippen molar-refractivity contribution in [1.82, 2.24) is 19.9 Å². The fourth-order valence-electron chi connectivity index (χ4n) is 3.08. The van der Waals surface area contributed by atoms with Crippen molar-refractivity contribution >= 4 is 101 Å². The van der Waals surface area contributed by atoms with Gasteiger partial charge in [-0.3, -0.25) is 9.44 Å². The summed E-state index contributed by atoms with van der Waals surface area (Å²) in [6.07, 6.45) is 0. The predicted octanol–water partition coefficient (Wildman–Crippen LogP) is 7.11. The van der Waals surface area contributed by atoms with Gasteiger partial charge in [-0.05, 0) is 44.2 Å². The molecule has 0 atom stereocenters. The van der Waals surface area contributed by atoms with Gasteiger partial charge in [-0.1, -0.05) is 75.7 Å². The van der Waals surface area contributed by atoms with E-state index < -0.39 is 20.0 Å². The summed E-state index contributed by atoms with van der Waals surface area (Å²) < 4.78 is 64.0. The van der Waals surface area contributed by atoms with E-state index in [2.05, 4.69) is 29.4 Å². The number of nitrogens with zero attached hydrogens (tertiary/aromatic N) is 4. The molecule has 0 aliphatic rings. The van der Waals surface area contributed by atoms with Gasteiger partial charge in [-0.25, -0.2) is 31.8 Å². The Balaban J connectivity index is 0.000000240. The first kappa shape index (κ1) is 35.9. The molecule has 2 aromatic heterocycles. The number of ether oxygens (including phenoxy) is 2. The summed E-state index contributed by atoms with van der Waals surface area (Å²) >= 11 is 34.8. The SMILES string of the molecule is COc1nc(C)c(C)nc1NS(=O)(=O)c1cccc(Cl)c1Cl.COc1nc(Cl)c(Cl)nc1NS(=O)(=O)c1ccc(Cl)c(Cl)c1. The molecule has 2 aromatic carbocycles. The van der Waals surface area contributed by atoms with Crippen LogP contribution in [0.15, 0.2) is 46.2 Å². The highest BCUT2D eigenvalue weighted by atomic mass is 35.5. The zero-order valence-corrected chi connectivity index (χ0v) is 29.0. The molecule has 0 saturated carbocycles. The lowest BCUT2D eigenvalue weighted by Crippen LogP contribution is -2.16. The van der Waals surface area contributed by atoms with Gasteiger partial charge in [0, 0.05) is 0 Å². The van der Waals surface area contributed by atoms with Crippen molar-refractivity contribution in [2.75, 3.05) is 23.7 Å². The number of aromatic nitrogens is 4. The van der Waals surface area contributed by atoms with Gasteiger partial charge < -0.3 is 9.47 Å². The largest absolute Gasteiger partial charge is 0.478 e. The van der Waals surface area contributed by atoms with Crippen LogP contribution in [0.5, 0.6) is 11.8 Å². The number of halogens is 6. The number of anilines is 2. The van der Waals surface area contributed by atoms with Crippen LogP contribution in [0.2, 0.25) is 30.4 Å². The summed E-state index contributed by atoms with van der Waals surface area (Å²) in [5.41, 5.74) is 1.22. The van der Waals surface area contributed by atoms with E-state index in [4.69, 9.17) is 79.1 Å². The zero-order valence-electron chi connectivity index (χ0n) is 22.8. The monoisotopic (exact) mass is 762 g/mol. The van der Waals surface area contributed by atoms with Crippen LogP contribution in [0, 0.1) is 13.8 Å². The summed E-state index contributed by atoms with van der Waals surface area (Å²) in [6, 6.07) is 8.18. The van der Waals surface area contributed by atoms with Crippen LogP contribution in [0.3, 0.4) is 0 Å². The van der Waals surface area contributed by atoms with Crippen molar-refractivity contribution in [2.24, 2.45) is 0 Å². The van der Waals surface area contributed by atoms with Crippen LogP contribution in [-0.2, 0) is 20.0 Å². The Hall–Kier alpha value is -2.56. The number of rotatable bonds is 8. The maximum absolute atomic E-state index is 12.5. The van der Waals surface area contributed by atoms with Crippen LogP contribution in [0.4, 0.5) is 11.6 Å². The summed E-state index contributed by atoms with van der Waals surface area (Å²) in [4.78, 5) is 15.6. The maximum atomic E-state index is 12.5. The summed E-state index contributed by atoms with van der Waals surface area (Å²) in [7, 11) is -5.31. The van der Waals surface area contributed by atoms with Crippen LogP contribution >= 0.6 is 69.6 Å². The molecular formula is C24H20Cl6N6O6S2. The number of hydrogen-bond donors (Lipinski definition) is 2. The highest BCUT2D eigenvalue weighted by Crippen LogP contribution is 2.32. The van der Waals surface area contributed by atoms with E-state index in [1.54, 1.807) is 13.8 Å². The third kappa shape index (κ3) is 8.57. The molecule has 2 N–H and O–H groups in total. The van der Waals surface area contributed by atoms with E-state index >= 15 is 0 Å². The number of aryl methyl sites for hydroxylation is 2. The van der Waals surface area contributed by atoms with Gasteiger partial charge in [0.15, 0.2) is 10.3 Å². The quantitative estimate of drug-likeness (QED) is 0.189. The van der Waals surface area contributed by atoms with Gasteiger partial charge in [0.25, 0.3) is 31.8 Å². The number of sulfonamides is 2. The van der Waals surface area contributed by atoms with E-state index in [0.29, 0.717) is 11.4 Å². The van der Waals surface area contributed by atoms with Gasteiger partial charge in [0.1, 0.15) is 4.90 Å². The normalized spacial score (nSPS) is 11.3. The molecule has 0 unspecified atom stereocenters. The summed E-state index contributed by atoms with van der Waals surface area (Å²) in [5, 5.41) is 0.115. The first-order chi connectivity index (χ1) is 20.5. The molecule has 0 fully saturated rings. The Morgan fingerprint density at radius 2 is 1.18 bits per heavy atom. The van der Waals surface area contributed by atoms with Crippen molar-refractivity contribution in [2.45, 2.75) is 23.6 Å². The molecule has 0 saturated heterocycles. The molecule has 2 heterocycles. The Bertz CT molecular complexity index is 1930. The second-order valence-corrected chi connectivity index (χ2v) is 13.9. The summed E-state index contributed by atoms with van der Waals surface area (Å²) in [5.74, 6) is -0.271. The predicted molar refractivity (Wildman–Crippen MR) is 171 cm³/mol. The minimum absolute atomic E-state index is 0.0124. The molecule has 0 bridgehead atoms. The standard InChI is InChI=1S/C13H13Cl2N3O3S.C11H7Cl4N3O3S/c1-7-8(2)17-13(21-3)12(16-7)18-22(19,20)10-6-4-5-9(14)11(10)15;1-21-11-10(16-8(14)9(15)17-11)18-22(19,20)5-2-3-6(12)7(13)4-5/h4-6H,1-3H3,(H,16,18);2-4H,1H3,(H,16,18). The molecule has 0 spiro atoms. The van der Waals surface area contributed by atoms with E-state index in [9.17, 15) is 16.8 Å². The molecule has 0 radical (unpaired) electrons. The highest BCUT2D eigenvalue weighted by Gasteiger charge is 2.23. The van der Waals surface area contributed by atoms with Crippen molar-refractivity contribution in [3.05, 3.63) is 78.2 Å². The smallest absolute Gasteiger partial charge is 0.264 e. The Morgan fingerprint density at radius 3 is 1.80 bits per heavy atom. The third-order valence-corrected chi connectivity index (χ3v) is 10.3. The van der Waals surface area contributed by atoms with E-state index in [-0.39, 0.29) is 63.6 Å². The third-order valence-electron chi connectivity index (χ3n) is 5.31.